The van der Waals surface area contributed by atoms with Crippen molar-refractivity contribution in [1.82, 2.24) is 0 Å². The van der Waals surface area contributed by atoms with Crippen LogP contribution in [-0.2, 0) is 0 Å². The van der Waals surface area contributed by atoms with Gasteiger partial charge in [0.2, 0.25) is 0 Å². The van der Waals surface area contributed by atoms with E-state index in [9.17, 15) is 0 Å². The molecule has 0 aromatic rings. The van der Waals surface area contributed by atoms with Crippen LogP contribution in [0.25, 0.3) is 0 Å². The monoisotopic (exact) mass is 280 g/mol. The molecule has 0 nitrogen and oxygen atoms in total. The first kappa shape index (κ1) is 7.84. The van der Waals surface area contributed by atoms with Crippen LogP contribution in [0.5, 0.6) is 0 Å². The Bertz CT molecular complexity index is 70.4. The molecule has 0 aliphatic carbocycles. The summed E-state index contributed by atoms with van der Waals surface area (Å²) in [4.78, 5) is 0. The molecule has 1 rings (SSSR count). The van der Waals surface area contributed by atoms with Gasteiger partial charge in [-0.15, -0.1) is 0 Å². The quantitative estimate of drug-likeness (QED) is 0.474. The van der Waals surface area contributed by atoms with Crippen LogP contribution < -0.4 is 0 Å². The van der Waals surface area contributed by atoms with E-state index in [1.54, 1.807) is 0 Å². The summed E-state index contributed by atoms with van der Waals surface area (Å²) in [5.74, 6) is 0. The van der Waals surface area contributed by atoms with Gasteiger partial charge in [-0.2, -0.15) is 0 Å². The summed E-state index contributed by atoms with van der Waals surface area (Å²) in [7, 11) is 0. The maximum atomic E-state index is 4.42. The average Bonchev–Trinajstić information content (AvgIpc) is 1.64. The van der Waals surface area contributed by atoms with Crippen LogP contribution in [0.3, 0.4) is 0 Å². The van der Waals surface area contributed by atoms with Gasteiger partial charge in [-0.05, 0) is 0 Å². The van der Waals surface area contributed by atoms with E-state index < -0.39 is 0 Å². The number of rotatable bonds is 0. The van der Waals surface area contributed by atoms with E-state index in [1.165, 1.54) is 10.6 Å². The van der Waals surface area contributed by atoms with Crippen molar-refractivity contribution in [3.05, 3.63) is 0 Å². The Balaban J connectivity index is 2.23. The second-order valence-electron chi connectivity index (χ2n) is 1.58. The molecule has 0 radical (unpaired) electrons. The number of hydrogen-bond acceptors (Lipinski definition) is 2. The van der Waals surface area contributed by atoms with Gasteiger partial charge in [0.25, 0.3) is 0 Å². The normalized spacial score (nSPS) is 39.8. The Hall–Kier alpha value is 1.74. The predicted octanol–water partition coefficient (Wildman–Crippen LogP) is 0.757. The average molecular weight is 278 g/mol. The fourth-order valence-electron chi connectivity index (χ4n) is 0.530. The van der Waals surface area contributed by atoms with Gasteiger partial charge in [0.1, 0.15) is 0 Å². The van der Waals surface area contributed by atoms with Gasteiger partial charge in [0.15, 0.2) is 0 Å². The SMILES string of the molecule is SC1C[Se]CC(S)[Se]1. The van der Waals surface area contributed by atoms with Crippen molar-refractivity contribution < 1.29 is 0 Å². The van der Waals surface area contributed by atoms with Gasteiger partial charge in [0, 0.05) is 0 Å². The van der Waals surface area contributed by atoms with E-state index in [4.69, 9.17) is 0 Å². The number of thiol groups is 2. The zero-order valence-electron chi connectivity index (χ0n) is 4.28. The van der Waals surface area contributed by atoms with E-state index in [-0.39, 0.29) is 0 Å². The summed E-state index contributed by atoms with van der Waals surface area (Å²) in [5.41, 5.74) is 0. The van der Waals surface area contributed by atoms with Crippen LogP contribution in [0.15, 0.2) is 0 Å². The van der Waals surface area contributed by atoms with Crippen LogP contribution in [0, 0.1) is 0 Å². The summed E-state index contributed by atoms with van der Waals surface area (Å²) >= 11 is 10.4. The number of hydrogen-bond donors (Lipinski definition) is 2. The molecule has 0 amide bonds. The molecule has 0 aromatic heterocycles. The van der Waals surface area contributed by atoms with Crippen molar-refractivity contribution in [3.63, 3.8) is 0 Å². The summed E-state index contributed by atoms with van der Waals surface area (Å²) < 4.78 is 1.44. The van der Waals surface area contributed by atoms with E-state index >= 15 is 0 Å². The van der Waals surface area contributed by atoms with E-state index in [0.29, 0.717) is 15.0 Å². The van der Waals surface area contributed by atoms with Crippen molar-refractivity contribution in [2.24, 2.45) is 0 Å². The molecule has 4 heteroatoms. The first-order chi connectivity index (χ1) is 3.79. The van der Waals surface area contributed by atoms with E-state index in [1.807, 2.05) is 0 Å². The molecule has 8 heavy (non-hydrogen) atoms. The van der Waals surface area contributed by atoms with Crippen molar-refractivity contribution >= 4 is 55.2 Å². The zero-order valence-corrected chi connectivity index (χ0v) is 9.49. The van der Waals surface area contributed by atoms with Gasteiger partial charge in [-0.25, -0.2) is 0 Å². The molecule has 0 bridgehead atoms. The summed E-state index contributed by atoms with van der Waals surface area (Å²) in [5, 5.41) is 2.76. The minimum atomic E-state index is 0.715. The Morgan fingerprint density at radius 3 is 1.88 bits per heavy atom. The minimum absolute atomic E-state index is 0.715. The van der Waals surface area contributed by atoms with Crippen molar-refractivity contribution in [3.8, 4) is 0 Å². The third-order valence-corrected chi connectivity index (χ3v) is 10.1. The molecule has 0 spiro atoms. The van der Waals surface area contributed by atoms with E-state index in [2.05, 4.69) is 25.3 Å². The molecule has 1 fully saturated rings. The Labute approximate surface area is 73.7 Å². The second-order valence-corrected chi connectivity index (χ2v) is 9.61. The summed E-state index contributed by atoms with van der Waals surface area (Å²) in [6.07, 6.45) is 0. The Kier molecular flexibility index (Phi) is 3.72. The maximum absolute atomic E-state index is 4.42. The van der Waals surface area contributed by atoms with Gasteiger partial charge in [-0.3, -0.25) is 0 Å². The molecule has 1 heterocycles. The fraction of sp³-hybridized carbons (Fsp3) is 1.00. The fourth-order valence-corrected chi connectivity index (χ4v) is 9.68. The molecule has 0 aromatic carbocycles. The van der Waals surface area contributed by atoms with Crippen LogP contribution >= 0.6 is 25.3 Å². The molecule has 1 aliphatic heterocycles. The molecule has 2 atom stereocenters. The molecular formula is C4H8S2Se2. The zero-order chi connectivity index (χ0) is 5.98. The summed E-state index contributed by atoms with van der Waals surface area (Å²) in [6, 6.07) is 0. The van der Waals surface area contributed by atoms with Crippen molar-refractivity contribution in [2.75, 3.05) is 0 Å². The molecule has 0 N–H and O–H groups in total. The van der Waals surface area contributed by atoms with Gasteiger partial charge < -0.3 is 0 Å². The van der Waals surface area contributed by atoms with Gasteiger partial charge in [-0.1, -0.05) is 0 Å². The van der Waals surface area contributed by atoms with Crippen LogP contribution in [0.4, 0.5) is 0 Å². The van der Waals surface area contributed by atoms with Crippen LogP contribution in [0.1, 0.15) is 0 Å². The Morgan fingerprint density at radius 1 is 1.12 bits per heavy atom. The van der Waals surface area contributed by atoms with Crippen molar-refractivity contribution in [1.29, 1.82) is 0 Å². The molecule has 0 saturated carbocycles. The molecule has 1 aliphatic rings. The Morgan fingerprint density at radius 2 is 1.62 bits per heavy atom. The molecule has 1 saturated heterocycles. The second kappa shape index (κ2) is 3.80. The molecule has 48 valence electrons. The topological polar surface area (TPSA) is 0 Å². The third-order valence-electron chi connectivity index (χ3n) is 0.835. The van der Waals surface area contributed by atoms with E-state index in [0.717, 1.165) is 23.3 Å². The van der Waals surface area contributed by atoms with Crippen LogP contribution in [-0.4, -0.2) is 38.2 Å². The van der Waals surface area contributed by atoms with Crippen molar-refractivity contribution in [2.45, 2.75) is 18.9 Å². The first-order valence-corrected chi connectivity index (χ1v) is 7.82. The predicted molar refractivity (Wildman–Crippen MR) is 46.7 cm³/mol. The van der Waals surface area contributed by atoms with Gasteiger partial charge in [0.05, 0.1) is 0 Å². The standard InChI is InChI=1S/C4H8S2Se2/c5-3-1-7-2-4(6)8-3/h3-6H,1-2H2. The third kappa shape index (κ3) is 2.55. The van der Waals surface area contributed by atoms with Crippen LogP contribution in [0.2, 0.25) is 10.6 Å². The molecular weight excluding hydrogens is 270 g/mol. The molecule has 2 unspecified atom stereocenters. The first-order valence-electron chi connectivity index (χ1n) is 2.38. The summed E-state index contributed by atoms with van der Waals surface area (Å²) in [6.45, 7) is 0. The van der Waals surface area contributed by atoms with Gasteiger partial charge >= 0.3 is 74.1 Å².